The first kappa shape index (κ1) is 21.2. The Bertz CT molecular complexity index is 1180. The summed E-state index contributed by atoms with van der Waals surface area (Å²) >= 11 is 7.12. The normalized spacial score (nSPS) is 11.8. The number of rotatable bonds is 6. The lowest BCUT2D eigenvalue weighted by Crippen LogP contribution is -2.22. The Morgan fingerprint density at radius 3 is 2.10 bits per heavy atom. The number of carbonyl (C=O) groups excluding carboxylic acids is 1. The monoisotopic (exact) mass is 447 g/mol. The van der Waals surface area contributed by atoms with Gasteiger partial charge in [-0.3, -0.25) is 4.79 Å². The van der Waals surface area contributed by atoms with Crippen LogP contribution in [0.3, 0.4) is 0 Å². The minimum Gasteiger partial charge on any atom is -0.450 e. The lowest BCUT2D eigenvalue weighted by molar-refractivity contribution is -0.134. The summed E-state index contributed by atoms with van der Waals surface area (Å²) in [6.45, 7) is 3.99. The van der Waals surface area contributed by atoms with Crippen molar-refractivity contribution in [1.29, 1.82) is 0 Å². The van der Waals surface area contributed by atoms with Gasteiger partial charge in [-0.25, -0.2) is 4.98 Å². The highest BCUT2D eigenvalue weighted by molar-refractivity contribution is 7.80. The highest BCUT2D eigenvalue weighted by atomic mass is 32.1. The summed E-state index contributed by atoms with van der Waals surface area (Å²) in [5.74, 6) is 0.257. The second kappa shape index (κ2) is 9.37. The van der Waals surface area contributed by atoms with Gasteiger partial charge in [0, 0.05) is 0 Å². The van der Waals surface area contributed by atoms with Gasteiger partial charge in [0.05, 0.1) is 22.6 Å². The van der Waals surface area contributed by atoms with Gasteiger partial charge < -0.3 is 9.47 Å². The van der Waals surface area contributed by atoms with Crippen molar-refractivity contribution in [2.75, 3.05) is 0 Å². The van der Waals surface area contributed by atoms with Crippen molar-refractivity contribution in [2.24, 2.45) is 0 Å². The number of thiocarbonyl (C=S) groups is 1. The Morgan fingerprint density at radius 2 is 1.48 bits per heavy atom. The van der Waals surface area contributed by atoms with Gasteiger partial charge in [0.15, 0.2) is 5.05 Å². The molecule has 156 valence electrons. The van der Waals surface area contributed by atoms with E-state index in [1.165, 1.54) is 11.3 Å². The van der Waals surface area contributed by atoms with E-state index in [1.807, 2.05) is 74.5 Å². The van der Waals surface area contributed by atoms with Crippen LogP contribution in [0.15, 0.2) is 72.8 Å². The topological polar surface area (TPSA) is 48.4 Å². The van der Waals surface area contributed by atoms with Gasteiger partial charge in [-0.15, -0.1) is 11.3 Å². The maximum atomic E-state index is 12.7. The minimum absolute atomic E-state index is 0.0401. The average molecular weight is 448 g/mol. The third-order valence-electron chi connectivity index (χ3n) is 4.76. The van der Waals surface area contributed by atoms with Crippen molar-refractivity contribution >= 4 is 44.8 Å². The zero-order valence-electron chi connectivity index (χ0n) is 17.2. The van der Waals surface area contributed by atoms with Crippen LogP contribution in [0.1, 0.15) is 28.5 Å². The second-order valence-corrected chi connectivity index (χ2v) is 8.76. The molecule has 0 N–H and O–H groups in total. The summed E-state index contributed by atoms with van der Waals surface area (Å²) in [6, 6.07) is 22.8. The predicted octanol–water partition coefficient (Wildman–Crippen LogP) is 6.40. The molecule has 1 aromatic heterocycles. The van der Waals surface area contributed by atoms with E-state index in [4.69, 9.17) is 26.7 Å². The van der Waals surface area contributed by atoms with E-state index in [0.717, 1.165) is 26.4 Å². The summed E-state index contributed by atoms with van der Waals surface area (Å²) in [6.07, 6.45) is 0.0401. The number of hydrogen-bond acceptors (Lipinski definition) is 6. The fourth-order valence-electron chi connectivity index (χ4n) is 3.05. The maximum Gasteiger partial charge on any atom is 0.312 e. The Morgan fingerprint density at radius 1 is 0.903 bits per heavy atom. The zero-order valence-corrected chi connectivity index (χ0v) is 18.8. The average Bonchev–Trinajstić information content (AvgIpc) is 3.19. The maximum absolute atomic E-state index is 12.7. The Kier molecular flexibility index (Phi) is 6.39. The molecule has 0 saturated carbocycles. The van der Waals surface area contributed by atoms with Gasteiger partial charge in [0.2, 0.25) is 0 Å². The van der Waals surface area contributed by atoms with Gasteiger partial charge in [0.1, 0.15) is 16.5 Å². The van der Waals surface area contributed by atoms with Gasteiger partial charge in [0.25, 0.3) is 0 Å². The number of hydrogen-bond donors (Lipinski definition) is 0. The summed E-state index contributed by atoms with van der Waals surface area (Å²) in [7, 11) is 0. The van der Waals surface area contributed by atoms with Crippen molar-refractivity contribution in [3.05, 3.63) is 88.9 Å². The minimum atomic E-state index is -0.494. The van der Waals surface area contributed by atoms with Crippen LogP contribution in [-0.2, 0) is 4.79 Å². The first-order valence-corrected chi connectivity index (χ1v) is 11.1. The van der Waals surface area contributed by atoms with Gasteiger partial charge >= 0.3 is 5.97 Å². The number of esters is 1. The van der Waals surface area contributed by atoms with Crippen molar-refractivity contribution in [3.63, 3.8) is 0 Å². The third-order valence-corrected chi connectivity index (χ3v) is 6.27. The number of fused-ring (bicyclic) bond motifs is 1. The molecule has 1 atom stereocenters. The number of para-hydroxylation sites is 1. The van der Waals surface area contributed by atoms with E-state index in [0.29, 0.717) is 16.5 Å². The van der Waals surface area contributed by atoms with Crippen LogP contribution in [0.25, 0.3) is 10.2 Å². The standard InChI is InChI=1S/C25H21NO3S2/c1-16-7-11-18(12-8-16)28-23(27)15-20(24-26-21-5-3-4-6-22(21)31-24)25(30)29-19-13-9-17(2)10-14-19/h3-14,20H,15H2,1-2H3. The molecular weight excluding hydrogens is 426 g/mol. The fourth-order valence-corrected chi connectivity index (χ4v) is 4.48. The fraction of sp³-hybridized carbons (Fsp3) is 0.160. The van der Waals surface area contributed by atoms with E-state index >= 15 is 0 Å². The van der Waals surface area contributed by atoms with Gasteiger partial charge in [-0.05, 0) is 62.5 Å². The van der Waals surface area contributed by atoms with Crippen molar-refractivity contribution < 1.29 is 14.3 Å². The van der Waals surface area contributed by atoms with E-state index in [2.05, 4.69) is 0 Å². The van der Waals surface area contributed by atoms with Crippen LogP contribution < -0.4 is 9.47 Å². The molecule has 0 aliphatic heterocycles. The quantitative estimate of drug-likeness (QED) is 0.194. The highest BCUT2D eigenvalue weighted by Crippen LogP contribution is 2.32. The molecule has 4 nitrogen and oxygen atoms in total. The largest absolute Gasteiger partial charge is 0.450 e. The highest BCUT2D eigenvalue weighted by Gasteiger charge is 2.27. The predicted molar refractivity (Wildman–Crippen MR) is 128 cm³/mol. The lowest BCUT2D eigenvalue weighted by atomic mass is 10.1. The molecule has 0 aliphatic carbocycles. The molecule has 4 rings (SSSR count). The Balaban J connectivity index is 1.58. The molecule has 0 spiro atoms. The van der Waals surface area contributed by atoms with E-state index < -0.39 is 5.92 Å². The molecule has 31 heavy (non-hydrogen) atoms. The Labute approximate surface area is 190 Å². The summed E-state index contributed by atoms with van der Waals surface area (Å²) < 4.78 is 12.5. The van der Waals surface area contributed by atoms with Crippen LogP contribution in [0.5, 0.6) is 11.5 Å². The smallest absolute Gasteiger partial charge is 0.312 e. The molecule has 3 aromatic carbocycles. The molecule has 6 heteroatoms. The molecule has 4 aromatic rings. The van der Waals surface area contributed by atoms with Gasteiger partial charge in [-0.1, -0.05) is 47.5 Å². The number of thiazole rings is 1. The number of aryl methyl sites for hydroxylation is 2. The van der Waals surface area contributed by atoms with E-state index in [-0.39, 0.29) is 12.4 Å². The van der Waals surface area contributed by atoms with E-state index in [1.54, 1.807) is 12.1 Å². The van der Waals surface area contributed by atoms with Crippen molar-refractivity contribution in [3.8, 4) is 11.5 Å². The molecule has 0 bridgehead atoms. The van der Waals surface area contributed by atoms with Crippen LogP contribution in [-0.4, -0.2) is 16.0 Å². The van der Waals surface area contributed by atoms with Crippen molar-refractivity contribution in [2.45, 2.75) is 26.2 Å². The van der Waals surface area contributed by atoms with Crippen LogP contribution in [0, 0.1) is 13.8 Å². The van der Waals surface area contributed by atoms with Crippen LogP contribution in [0.2, 0.25) is 0 Å². The molecule has 1 unspecified atom stereocenters. The number of benzene rings is 3. The second-order valence-electron chi connectivity index (χ2n) is 7.30. The lowest BCUT2D eigenvalue weighted by Gasteiger charge is -2.16. The summed E-state index contributed by atoms with van der Waals surface area (Å²) in [5.41, 5.74) is 3.10. The third kappa shape index (κ3) is 5.34. The molecular formula is C25H21NO3S2. The summed E-state index contributed by atoms with van der Waals surface area (Å²) in [5, 5.41) is 1.03. The van der Waals surface area contributed by atoms with E-state index in [9.17, 15) is 4.79 Å². The Hall–Kier alpha value is -3.09. The molecule has 0 fully saturated rings. The van der Waals surface area contributed by atoms with Gasteiger partial charge in [-0.2, -0.15) is 0 Å². The van der Waals surface area contributed by atoms with Crippen LogP contribution in [0.4, 0.5) is 0 Å². The first-order valence-electron chi connectivity index (χ1n) is 9.89. The molecule has 0 amide bonds. The van der Waals surface area contributed by atoms with Crippen LogP contribution >= 0.6 is 23.6 Å². The molecule has 0 saturated heterocycles. The first-order chi connectivity index (χ1) is 15.0. The summed E-state index contributed by atoms with van der Waals surface area (Å²) in [4.78, 5) is 17.4. The SMILES string of the molecule is Cc1ccc(OC(=O)CC(C(=S)Oc2ccc(C)cc2)c2nc3ccccc3s2)cc1. The number of carbonyl (C=O) groups is 1. The zero-order chi connectivity index (χ0) is 21.8. The number of aromatic nitrogens is 1. The van der Waals surface area contributed by atoms with Crippen molar-refractivity contribution in [1.82, 2.24) is 4.98 Å². The molecule has 0 radical (unpaired) electrons. The number of nitrogens with zero attached hydrogens (tertiary/aromatic N) is 1. The molecule has 1 heterocycles. The number of ether oxygens (including phenoxy) is 2. The molecule has 0 aliphatic rings.